The number of nitrogens with one attached hydrogen (secondary N) is 1. The zero-order valence-electron chi connectivity index (χ0n) is 16.1. The summed E-state index contributed by atoms with van der Waals surface area (Å²) in [6.07, 6.45) is -4.46. The topological polar surface area (TPSA) is 61.9 Å². The van der Waals surface area contributed by atoms with Gasteiger partial charge < -0.3 is 4.90 Å². The predicted octanol–water partition coefficient (Wildman–Crippen LogP) is 3.50. The Hall–Kier alpha value is -2.30. The van der Waals surface area contributed by atoms with E-state index in [1.165, 1.54) is 17.2 Å². The molecule has 1 aliphatic heterocycles. The van der Waals surface area contributed by atoms with E-state index < -0.39 is 33.1 Å². The monoisotopic (exact) mass is 429 g/mol. The zero-order chi connectivity index (χ0) is 21.4. The molecule has 3 rings (SSSR count). The van der Waals surface area contributed by atoms with Crippen molar-refractivity contribution in [1.29, 1.82) is 0 Å². The lowest BCUT2D eigenvalue weighted by Crippen LogP contribution is -2.35. The Balaban J connectivity index is 1.84. The fourth-order valence-corrected chi connectivity index (χ4v) is 4.74. The summed E-state index contributed by atoms with van der Waals surface area (Å²) < 4.78 is 66.9. The van der Waals surface area contributed by atoms with E-state index in [0.29, 0.717) is 11.3 Å². The lowest BCUT2D eigenvalue weighted by molar-refractivity contribution is -0.137. The first-order chi connectivity index (χ1) is 13.5. The summed E-state index contributed by atoms with van der Waals surface area (Å²) in [5, 5.41) is 0.375. The van der Waals surface area contributed by atoms with E-state index in [1.807, 2.05) is 19.0 Å². The Morgan fingerprint density at radius 2 is 1.66 bits per heavy atom. The van der Waals surface area contributed by atoms with E-state index in [0.717, 1.165) is 17.8 Å². The smallest absolute Gasteiger partial charge is 0.378 e. The fourth-order valence-electron chi connectivity index (χ4n) is 3.22. The maximum atomic E-state index is 13.0. The van der Waals surface area contributed by atoms with Gasteiger partial charge in [0.1, 0.15) is 5.25 Å². The summed E-state index contributed by atoms with van der Waals surface area (Å²) in [5.74, 6) is 0. The molecule has 1 heterocycles. The highest BCUT2D eigenvalue weighted by Crippen LogP contribution is 2.36. The lowest BCUT2D eigenvalue weighted by Gasteiger charge is -2.24. The van der Waals surface area contributed by atoms with Gasteiger partial charge in [0, 0.05) is 32.5 Å². The van der Waals surface area contributed by atoms with Crippen molar-refractivity contribution in [2.75, 3.05) is 37.4 Å². The third-order valence-electron chi connectivity index (χ3n) is 4.81. The number of hydrogen-bond donors (Lipinski definition) is 1. The molecule has 2 aromatic rings. The molecule has 1 fully saturated rings. The summed E-state index contributed by atoms with van der Waals surface area (Å²) in [6.45, 7) is -0.104. The van der Waals surface area contributed by atoms with Crippen LogP contribution in [0.4, 0.5) is 24.5 Å². The fraction of sp³-hybridized carbons (Fsp3) is 0.368. The third-order valence-corrected chi connectivity index (χ3v) is 6.52. The first kappa shape index (κ1) is 21.4. The zero-order valence-corrected chi connectivity index (χ0v) is 17.0. The third kappa shape index (κ3) is 4.65. The molecule has 0 bridgehead atoms. The van der Waals surface area contributed by atoms with Crippen LogP contribution in [0.25, 0.3) is 0 Å². The van der Waals surface area contributed by atoms with Crippen LogP contribution < -0.4 is 9.62 Å². The number of rotatable bonds is 5. The number of hydrogen-bond acceptors (Lipinski definition) is 5. The van der Waals surface area contributed by atoms with Gasteiger partial charge in [-0.3, -0.25) is 9.56 Å². The molecule has 2 atom stereocenters. The van der Waals surface area contributed by atoms with Crippen molar-refractivity contribution in [3.8, 4) is 0 Å². The minimum atomic E-state index is -4.46. The highest BCUT2D eigenvalue weighted by Gasteiger charge is 2.43. The maximum Gasteiger partial charge on any atom is 0.416 e. The van der Waals surface area contributed by atoms with Gasteiger partial charge in [0.2, 0.25) is 10.0 Å². The van der Waals surface area contributed by atoms with Crippen LogP contribution in [-0.4, -0.2) is 46.5 Å². The number of alkyl halides is 3. The van der Waals surface area contributed by atoms with Crippen molar-refractivity contribution in [1.82, 2.24) is 5.06 Å². The number of anilines is 2. The molecule has 158 valence electrons. The van der Waals surface area contributed by atoms with E-state index in [1.54, 1.807) is 31.3 Å². The van der Waals surface area contributed by atoms with Gasteiger partial charge in [-0.05, 0) is 42.0 Å². The van der Waals surface area contributed by atoms with Crippen molar-refractivity contribution < 1.29 is 26.4 Å². The summed E-state index contributed by atoms with van der Waals surface area (Å²) >= 11 is 0. The molecule has 0 radical (unpaired) electrons. The van der Waals surface area contributed by atoms with Gasteiger partial charge in [0.05, 0.1) is 18.2 Å². The summed E-state index contributed by atoms with van der Waals surface area (Å²) in [6, 6.07) is 10.6. The Bertz CT molecular complexity index is 945. The van der Waals surface area contributed by atoms with Crippen LogP contribution in [0.5, 0.6) is 0 Å². The van der Waals surface area contributed by atoms with Gasteiger partial charge in [-0.1, -0.05) is 12.1 Å². The van der Waals surface area contributed by atoms with Crippen LogP contribution in [0.1, 0.15) is 17.2 Å². The van der Waals surface area contributed by atoms with E-state index >= 15 is 0 Å². The average Bonchev–Trinajstić information content (AvgIpc) is 3.04. The van der Waals surface area contributed by atoms with Crippen LogP contribution >= 0.6 is 0 Å². The molecular formula is C19H22F3N3O3S. The molecule has 1 aliphatic rings. The minimum Gasteiger partial charge on any atom is -0.378 e. The van der Waals surface area contributed by atoms with Crippen molar-refractivity contribution in [2.24, 2.45) is 0 Å². The number of sulfonamides is 1. The Labute approximate surface area is 167 Å². The molecule has 0 amide bonds. The SMILES string of the molecule is CN(C)c1ccc(NS(=O)(=O)[C@H]2CON(C)[C@@H]2c2ccc(C(F)(F)F)cc2)cc1. The molecule has 2 aromatic carbocycles. The van der Waals surface area contributed by atoms with Crippen LogP contribution in [0, 0.1) is 0 Å². The van der Waals surface area contributed by atoms with Gasteiger partial charge in [-0.2, -0.15) is 18.2 Å². The van der Waals surface area contributed by atoms with Crippen molar-refractivity contribution in [3.63, 3.8) is 0 Å². The average molecular weight is 429 g/mol. The standard InChI is InChI=1S/C19H22F3N3O3S/c1-24(2)16-10-8-15(9-11-16)23-29(26,27)17-12-28-25(3)18(17)13-4-6-14(7-5-13)19(20,21)22/h4-11,17-18,23H,12H2,1-3H3/t17-,18+/m0/s1. The molecule has 0 unspecified atom stereocenters. The van der Waals surface area contributed by atoms with Crippen LogP contribution in [0.15, 0.2) is 48.5 Å². The van der Waals surface area contributed by atoms with E-state index in [4.69, 9.17) is 4.84 Å². The molecule has 10 heteroatoms. The minimum absolute atomic E-state index is 0.104. The van der Waals surface area contributed by atoms with Crippen LogP contribution in [0.3, 0.4) is 0 Å². The second kappa shape index (κ2) is 7.85. The lowest BCUT2D eigenvalue weighted by atomic mass is 10.0. The molecule has 1 N–H and O–H groups in total. The van der Waals surface area contributed by atoms with Gasteiger partial charge in [0.15, 0.2) is 0 Å². The predicted molar refractivity (Wildman–Crippen MR) is 105 cm³/mol. The van der Waals surface area contributed by atoms with Gasteiger partial charge >= 0.3 is 6.18 Å². The molecule has 1 saturated heterocycles. The summed E-state index contributed by atoms with van der Waals surface area (Å²) in [5.41, 5.74) is 0.952. The number of hydroxylamine groups is 2. The largest absolute Gasteiger partial charge is 0.416 e. The number of nitrogens with zero attached hydrogens (tertiary/aromatic N) is 2. The van der Waals surface area contributed by atoms with Crippen LogP contribution in [-0.2, 0) is 21.0 Å². The molecule has 0 spiro atoms. The quantitative estimate of drug-likeness (QED) is 0.788. The summed E-state index contributed by atoms with van der Waals surface area (Å²) in [7, 11) is 1.44. The molecule has 0 saturated carbocycles. The highest BCUT2D eigenvalue weighted by molar-refractivity contribution is 7.93. The maximum absolute atomic E-state index is 13.0. The molecule has 0 aliphatic carbocycles. The molecule has 6 nitrogen and oxygen atoms in total. The van der Waals surface area contributed by atoms with Gasteiger partial charge in [-0.15, -0.1) is 0 Å². The first-order valence-electron chi connectivity index (χ1n) is 8.81. The summed E-state index contributed by atoms with van der Waals surface area (Å²) in [4.78, 5) is 7.28. The number of benzene rings is 2. The molecule has 29 heavy (non-hydrogen) atoms. The number of halogens is 3. The first-order valence-corrected chi connectivity index (χ1v) is 10.4. The van der Waals surface area contributed by atoms with E-state index in [9.17, 15) is 21.6 Å². The molecular weight excluding hydrogens is 407 g/mol. The van der Waals surface area contributed by atoms with Gasteiger partial charge in [0.25, 0.3) is 0 Å². The normalized spacial score (nSPS) is 20.6. The van der Waals surface area contributed by atoms with Crippen LogP contribution in [0.2, 0.25) is 0 Å². The van der Waals surface area contributed by atoms with E-state index in [2.05, 4.69) is 4.72 Å². The Morgan fingerprint density at radius 1 is 1.07 bits per heavy atom. The van der Waals surface area contributed by atoms with Crippen molar-refractivity contribution in [2.45, 2.75) is 17.5 Å². The second-order valence-electron chi connectivity index (χ2n) is 7.03. The highest BCUT2D eigenvalue weighted by atomic mass is 32.2. The molecule has 0 aromatic heterocycles. The van der Waals surface area contributed by atoms with E-state index in [-0.39, 0.29) is 6.61 Å². The Kier molecular flexibility index (Phi) is 5.79. The Morgan fingerprint density at radius 3 is 2.17 bits per heavy atom. The second-order valence-corrected chi connectivity index (χ2v) is 8.93. The van der Waals surface area contributed by atoms with Crippen molar-refractivity contribution >= 4 is 21.4 Å². The van der Waals surface area contributed by atoms with Crippen molar-refractivity contribution in [3.05, 3.63) is 59.7 Å². The van der Waals surface area contributed by atoms with Gasteiger partial charge in [-0.25, -0.2) is 8.42 Å².